The summed E-state index contributed by atoms with van der Waals surface area (Å²) < 4.78 is 48.3. The van der Waals surface area contributed by atoms with Gasteiger partial charge in [0.15, 0.2) is 17.4 Å². The summed E-state index contributed by atoms with van der Waals surface area (Å²) in [7, 11) is -1.22. The molecule has 0 aliphatic heterocycles. The lowest BCUT2D eigenvalue weighted by atomic mass is 10.2. The molecule has 0 spiro atoms. The Labute approximate surface area is 226 Å². The molecule has 0 unspecified atom stereocenters. The number of halogens is 3. The van der Waals surface area contributed by atoms with E-state index >= 15 is 0 Å². The van der Waals surface area contributed by atoms with Crippen molar-refractivity contribution in [3.8, 4) is 11.5 Å². The molecule has 0 saturated carbocycles. The van der Waals surface area contributed by atoms with Crippen LogP contribution >= 0.6 is 15.9 Å². The third-order valence-corrected chi connectivity index (χ3v) is 7.84. The number of aryl methyl sites for hydroxylation is 1. The standard InChI is InChI=1S/C24H27BrF2N6O4Si/c1-14-19(32-37-31-14)11-29-24(34)30-15-9-17(26)22(18(27)10-15)36-20-5-6-28-23-21(20)16(25)12-33(23)13-35-7-8-38(2,3)4/h5-6,9-10,12H,7-8,11,13H2,1-4H3,(H2,29,30,34). The number of nitrogens with one attached hydrogen (secondary N) is 2. The fourth-order valence-corrected chi connectivity index (χ4v) is 4.83. The number of fused-ring (bicyclic) bond motifs is 1. The van der Waals surface area contributed by atoms with Gasteiger partial charge in [-0.3, -0.25) is 0 Å². The molecule has 0 saturated heterocycles. The van der Waals surface area contributed by atoms with E-state index in [2.05, 4.69) is 66.1 Å². The molecule has 3 aromatic heterocycles. The average Bonchev–Trinajstić information content (AvgIpc) is 3.40. The predicted octanol–water partition coefficient (Wildman–Crippen LogP) is 6.19. The summed E-state index contributed by atoms with van der Waals surface area (Å²) in [6, 6.07) is 3.78. The lowest BCUT2D eigenvalue weighted by molar-refractivity contribution is 0.0898. The van der Waals surface area contributed by atoms with Crippen LogP contribution in [0.5, 0.6) is 11.5 Å². The largest absolute Gasteiger partial charge is 0.450 e. The van der Waals surface area contributed by atoms with Gasteiger partial charge in [-0.2, -0.15) is 0 Å². The summed E-state index contributed by atoms with van der Waals surface area (Å²) in [6.07, 6.45) is 3.28. The molecule has 4 rings (SSSR count). The molecule has 3 heterocycles. The topological polar surface area (TPSA) is 116 Å². The number of carbonyl (C=O) groups excluding carboxylic acids is 1. The third-order valence-electron chi connectivity index (χ3n) is 5.53. The number of aromatic nitrogens is 4. The van der Waals surface area contributed by atoms with Crippen molar-refractivity contribution in [2.24, 2.45) is 0 Å². The molecule has 202 valence electrons. The Bertz CT molecular complexity index is 1430. The maximum atomic E-state index is 14.9. The van der Waals surface area contributed by atoms with E-state index in [0.29, 0.717) is 33.5 Å². The molecule has 0 atom stereocenters. The van der Waals surface area contributed by atoms with E-state index < -0.39 is 31.5 Å². The van der Waals surface area contributed by atoms with Crippen molar-refractivity contribution in [2.75, 3.05) is 11.9 Å². The number of nitrogens with zero attached hydrogens (tertiary/aromatic N) is 4. The van der Waals surface area contributed by atoms with Crippen molar-refractivity contribution in [3.05, 3.63) is 58.1 Å². The van der Waals surface area contributed by atoms with Crippen LogP contribution in [-0.4, -0.2) is 40.6 Å². The first-order valence-electron chi connectivity index (χ1n) is 11.7. The summed E-state index contributed by atoms with van der Waals surface area (Å²) in [5.41, 5.74) is 1.40. The molecule has 0 radical (unpaired) electrons. The molecule has 14 heteroatoms. The fourth-order valence-electron chi connectivity index (χ4n) is 3.45. The third kappa shape index (κ3) is 6.74. The van der Waals surface area contributed by atoms with Crippen molar-refractivity contribution >= 4 is 46.8 Å². The molecule has 0 aliphatic carbocycles. The lowest BCUT2D eigenvalue weighted by Crippen LogP contribution is -2.28. The van der Waals surface area contributed by atoms with Crippen molar-refractivity contribution in [1.82, 2.24) is 25.2 Å². The van der Waals surface area contributed by atoms with Gasteiger partial charge in [0, 0.05) is 49.4 Å². The molecule has 1 aromatic carbocycles. The molecule has 2 N–H and O–H groups in total. The van der Waals surface area contributed by atoms with Gasteiger partial charge < -0.3 is 24.7 Å². The van der Waals surface area contributed by atoms with Crippen LogP contribution in [0, 0.1) is 18.6 Å². The molecular formula is C24H27BrF2N6O4Si. The Morgan fingerprint density at radius 2 is 1.95 bits per heavy atom. The van der Waals surface area contributed by atoms with Crippen LogP contribution in [0.4, 0.5) is 19.3 Å². The van der Waals surface area contributed by atoms with Crippen molar-refractivity contribution < 1.29 is 27.7 Å². The maximum Gasteiger partial charge on any atom is 0.319 e. The van der Waals surface area contributed by atoms with E-state index in [4.69, 9.17) is 9.47 Å². The minimum absolute atomic E-state index is 0.0310. The van der Waals surface area contributed by atoms with E-state index in [-0.39, 0.29) is 24.7 Å². The van der Waals surface area contributed by atoms with Crippen molar-refractivity contribution in [2.45, 2.75) is 45.9 Å². The van der Waals surface area contributed by atoms with Gasteiger partial charge in [0.25, 0.3) is 0 Å². The van der Waals surface area contributed by atoms with Gasteiger partial charge in [0.1, 0.15) is 29.5 Å². The first-order chi connectivity index (χ1) is 18.0. The van der Waals surface area contributed by atoms with Crippen molar-refractivity contribution in [1.29, 1.82) is 0 Å². The monoisotopic (exact) mass is 608 g/mol. The van der Waals surface area contributed by atoms with E-state index in [1.165, 1.54) is 12.3 Å². The summed E-state index contributed by atoms with van der Waals surface area (Å²) in [5.74, 6) is -2.39. The number of rotatable bonds is 10. The highest BCUT2D eigenvalue weighted by Crippen LogP contribution is 2.37. The second kappa shape index (κ2) is 11.6. The van der Waals surface area contributed by atoms with Gasteiger partial charge in [-0.15, -0.1) is 0 Å². The molecular weight excluding hydrogens is 582 g/mol. The first-order valence-corrected chi connectivity index (χ1v) is 16.2. The highest BCUT2D eigenvalue weighted by Gasteiger charge is 2.20. The molecule has 0 aliphatic rings. The number of pyridine rings is 1. The fraction of sp³-hybridized carbons (Fsp3) is 0.333. The Morgan fingerprint density at radius 1 is 1.21 bits per heavy atom. The lowest BCUT2D eigenvalue weighted by Gasteiger charge is -2.15. The SMILES string of the molecule is Cc1nonc1CNC(=O)Nc1cc(F)c(Oc2ccnc3c2c(Br)cn3COCC[Si](C)(C)C)c(F)c1. The zero-order chi connectivity index (χ0) is 27.4. The van der Waals surface area contributed by atoms with Crippen LogP contribution in [0.3, 0.4) is 0 Å². The van der Waals surface area contributed by atoms with Crippen LogP contribution in [-0.2, 0) is 18.0 Å². The number of hydrogen-bond donors (Lipinski definition) is 2. The van der Waals surface area contributed by atoms with Gasteiger partial charge in [-0.1, -0.05) is 30.0 Å². The smallest absolute Gasteiger partial charge is 0.319 e. The highest BCUT2D eigenvalue weighted by molar-refractivity contribution is 9.10. The Hall–Kier alpha value is -3.36. The molecule has 0 fully saturated rings. The summed E-state index contributed by atoms with van der Waals surface area (Å²) >= 11 is 3.49. The second-order valence-corrected chi connectivity index (χ2v) is 16.3. The Kier molecular flexibility index (Phi) is 8.43. The van der Waals surface area contributed by atoms with Crippen LogP contribution in [0.25, 0.3) is 11.0 Å². The Morgan fingerprint density at radius 3 is 2.61 bits per heavy atom. The Balaban J connectivity index is 1.46. The zero-order valence-corrected chi connectivity index (χ0v) is 23.9. The van der Waals surface area contributed by atoms with Gasteiger partial charge in [-0.25, -0.2) is 23.2 Å². The van der Waals surface area contributed by atoms with Gasteiger partial charge in [0.05, 0.1) is 11.9 Å². The van der Waals surface area contributed by atoms with Crippen molar-refractivity contribution in [3.63, 3.8) is 0 Å². The second-order valence-electron chi connectivity index (χ2n) is 9.78. The molecule has 38 heavy (non-hydrogen) atoms. The normalized spacial score (nSPS) is 11.7. The summed E-state index contributed by atoms with van der Waals surface area (Å²) in [5, 5.41) is 12.7. The summed E-state index contributed by atoms with van der Waals surface area (Å²) in [4.78, 5) is 16.5. The van der Waals surface area contributed by atoms with Gasteiger partial charge in [0.2, 0.25) is 0 Å². The molecule has 4 aromatic rings. The number of urea groups is 1. The first kappa shape index (κ1) is 27.7. The van der Waals surface area contributed by atoms with E-state index in [1.54, 1.807) is 17.7 Å². The number of amides is 2. The zero-order valence-electron chi connectivity index (χ0n) is 21.3. The number of carbonyl (C=O) groups is 1. The number of hydrogen-bond acceptors (Lipinski definition) is 7. The van der Waals surface area contributed by atoms with E-state index in [1.807, 2.05) is 0 Å². The van der Waals surface area contributed by atoms with Crippen LogP contribution in [0.15, 0.2) is 39.7 Å². The van der Waals surface area contributed by atoms with Gasteiger partial charge in [-0.05, 0) is 35.0 Å². The predicted molar refractivity (Wildman–Crippen MR) is 143 cm³/mol. The summed E-state index contributed by atoms with van der Waals surface area (Å²) in [6.45, 7) is 9.44. The molecule has 10 nitrogen and oxygen atoms in total. The van der Waals surface area contributed by atoms with Crippen LogP contribution in [0.2, 0.25) is 25.7 Å². The minimum Gasteiger partial charge on any atom is -0.450 e. The number of anilines is 1. The van der Waals surface area contributed by atoms with Gasteiger partial charge >= 0.3 is 6.03 Å². The number of ether oxygens (including phenoxy) is 2. The number of benzene rings is 1. The average molecular weight is 610 g/mol. The quantitative estimate of drug-likeness (QED) is 0.163. The molecule has 2 amide bonds. The van der Waals surface area contributed by atoms with Crippen LogP contribution in [0.1, 0.15) is 11.4 Å². The van der Waals surface area contributed by atoms with E-state index in [9.17, 15) is 13.6 Å². The maximum absolute atomic E-state index is 14.9. The van der Waals surface area contributed by atoms with E-state index in [0.717, 1.165) is 18.2 Å². The van der Waals surface area contributed by atoms with Crippen LogP contribution < -0.4 is 15.4 Å². The minimum atomic E-state index is -1.22. The highest BCUT2D eigenvalue weighted by atomic mass is 79.9. The molecule has 0 bridgehead atoms.